The third-order valence-electron chi connectivity index (χ3n) is 4.79. The zero-order valence-corrected chi connectivity index (χ0v) is 15.0. The average molecular weight is 285 g/mol. The van der Waals surface area contributed by atoms with Crippen molar-refractivity contribution >= 4 is 8.07 Å². The van der Waals surface area contributed by atoms with E-state index in [2.05, 4.69) is 83.8 Å². The summed E-state index contributed by atoms with van der Waals surface area (Å²) in [6.07, 6.45) is 7.30. The standard InChI is InChI=1S/C19H28Si/c1-14-8-9-16(12-15(14)2)19(3,4)17-10-11-18(13-17)20(5,6)7/h8-13,17H,1-7H3. The van der Waals surface area contributed by atoms with Crippen molar-refractivity contribution in [2.24, 2.45) is 5.92 Å². The summed E-state index contributed by atoms with van der Waals surface area (Å²) < 4.78 is 0. The van der Waals surface area contributed by atoms with Gasteiger partial charge in [-0.05, 0) is 36.0 Å². The Hall–Kier alpha value is -1.08. The fourth-order valence-corrected chi connectivity index (χ4v) is 4.07. The maximum atomic E-state index is 2.52. The van der Waals surface area contributed by atoms with Crippen molar-refractivity contribution in [1.29, 1.82) is 0 Å². The van der Waals surface area contributed by atoms with Crippen LogP contribution in [0.1, 0.15) is 30.5 Å². The molecule has 1 aromatic carbocycles. The Morgan fingerprint density at radius 2 is 1.65 bits per heavy atom. The number of hydrogen-bond donors (Lipinski definition) is 0. The Bertz CT molecular complexity index is 568. The van der Waals surface area contributed by atoms with Crippen LogP contribution in [0.2, 0.25) is 19.6 Å². The van der Waals surface area contributed by atoms with E-state index in [1.54, 1.807) is 5.20 Å². The first kappa shape index (κ1) is 15.3. The molecule has 1 unspecified atom stereocenters. The highest BCUT2D eigenvalue weighted by molar-refractivity contribution is 6.83. The first-order valence-electron chi connectivity index (χ1n) is 7.60. The van der Waals surface area contributed by atoms with Gasteiger partial charge in [-0.3, -0.25) is 0 Å². The Kier molecular flexibility index (Phi) is 3.85. The van der Waals surface area contributed by atoms with E-state index in [-0.39, 0.29) is 5.41 Å². The summed E-state index contributed by atoms with van der Waals surface area (Å²) in [5.41, 5.74) is 4.39. The van der Waals surface area contributed by atoms with Crippen LogP contribution in [0.25, 0.3) is 0 Å². The van der Waals surface area contributed by atoms with Crippen LogP contribution in [0.15, 0.2) is 41.6 Å². The molecule has 0 nitrogen and oxygen atoms in total. The van der Waals surface area contributed by atoms with Crippen LogP contribution >= 0.6 is 0 Å². The van der Waals surface area contributed by atoms with E-state index in [9.17, 15) is 0 Å². The molecule has 0 aromatic heterocycles. The minimum absolute atomic E-state index is 0.163. The molecule has 0 spiro atoms. The molecule has 0 saturated carbocycles. The highest BCUT2D eigenvalue weighted by Gasteiger charge is 2.32. The van der Waals surface area contributed by atoms with Crippen LogP contribution < -0.4 is 0 Å². The van der Waals surface area contributed by atoms with E-state index in [0.717, 1.165) is 0 Å². The van der Waals surface area contributed by atoms with Gasteiger partial charge in [0.05, 0.1) is 8.07 Å². The summed E-state index contributed by atoms with van der Waals surface area (Å²) in [6, 6.07) is 6.92. The Morgan fingerprint density at radius 3 is 2.15 bits per heavy atom. The van der Waals surface area contributed by atoms with Gasteiger partial charge in [0.15, 0.2) is 0 Å². The van der Waals surface area contributed by atoms with Crippen LogP contribution in [-0.4, -0.2) is 8.07 Å². The largest absolute Gasteiger partial charge is 0.0775 e. The molecule has 0 aliphatic heterocycles. The molecule has 2 rings (SSSR count). The first-order chi connectivity index (χ1) is 9.12. The third kappa shape index (κ3) is 2.83. The minimum atomic E-state index is -1.19. The van der Waals surface area contributed by atoms with Crippen molar-refractivity contribution in [1.82, 2.24) is 0 Å². The second kappa shape index (κ2) is 5.03. The molecule has 0 amide bonds. The van der Waals surface area contributed by atoms with Crippen LogP contribution in [-0.2, 0) is 5.41 Å². The summed E-state index contributed by atoms with van der Waals surface area (Å²) >= 11 is 0. The summed E-state index contributed by atoms with van der Waals surface area (Å²) in [6.45, 7) is 16.4. The van der Waals surface area contributed by atoms with Gasteiger partial charge in [0.2, 0.25) is 0 Å². The lowest BCUT2D eigenvalue weighted by Gasteiger charge is -2.31. The van der Waals surface area contributed by atoms with Gasteiger partial charge in [-0.25, -0.2) is 0 Å². The SMILES string of the molecule is Cc1ccc(C(C)(C)C2C=CC([Si](C)(C)C)=C2)cc1C. The molecule has 0 heterocycles. The number of rotatable bonds is 3. The molecule has 0 radical (unpaired) electrons. The monoisotopic (exact) mass is 284 g/mol. The highest BCUT2D eigenvalue weighted by Crippen LogP contribution is 2.39. The number of allylic oxidation sites excluding steroid dienone is 4. The topological polar surface area (TPSA) is 0 Å². The van der Waals surface area contributed by atoms with Crippen LogP contribution in [0.4, 0.5) is 0 Å². The lowest BCUT2D eigenvalue weighted by molar-refractivity contribution is 0.447. The van der Waals surface area contributed by atoms with Crippen molar-refractivity contribution < 1.29 is 0 Å². The second-order valence-corrected chi connectivity index (χ2v) is 12.9. The van der Waals surface area contributed by atoms with Gasteiger partial charge in [0.25, 0.3) is 0 Å². The van der Waals surface area contributed by atoms with Crippen LogP contribution in [0, 0.1) is 19.8 Å². The molecular weight excluding hydrogens is 256 g/mol. The Morgan fingerprint density at radius 1 is 1.00 bits per heavy atom. The fourth-order valence-electron chi connectivity index (χ4n) is 2.80. The van der Waals surface area contributed by atoms with Gasteiger partial charge < -0.3 is 0 Å². The smallest absolute Gasteiger partial charge is 0.0771 e. The van der Waals surface area contributed by atoms with E-state index >= 15 is 0 Å². The van der Waals surface area contributed by atoms with Crippen molar-refractivity contribution in [2.45, 2.75) is 52.8 Å². The lowest BCUT2D eigenvalue weighted by Crippen LogP contribution is -2.27. The summed E-state index contributed by atoms with van der Waals surface area (Å²) in [5, 5.41) is 1.60. The van der Waals surface area contributed by atoms with Gasteiger partial charge in [0, 0.05) is 5.92 Å². The van der Waals surface area contributed by atoms with E-state index in [0.29, 0.717) is 5.92 Å². The Labute approximate surface area is 125 Å². The molecule has 1 atom stereocenters. The van der Waals surface area contributed by atoms with Crippen LogP contribution in [0.5, 0.6) is 0 Å². The van der Waals surface area contributed by atoms with Gasteiger partial charge in [-0.15, -0.1) is 0 Å². The van der Waals surface area contributed by atoms with Crippen molar-refractivity contribution in [3.8, 4) is 0 Å². The molecule has 108 valence electrons. The normalized spacial score (nSPS) is 19.4. The number of hydrogen-bond acceptors (Lipinski definition) is 0. The van der Waals surface area contributed by atoms with Gasteiger partial charge in [-0.2, -0.15) is 0 Å². The molecule has 0 fully saturated rings. The summed E-state index contributed by atoms with van der Waals surface area (Å²) in [5.74, 6) is 0.520. The first-order valence-corrected chi connectivity index (χ1v) is 11.1. The van der Waals surface area contributed by atoms with Gasteiger partial charge >= 0.3 is 0 Å². The molecule has 1 aromatic rings. The van der Waals surface area contributed by atoms with E-state index in [4.69, 9.17) is 0 Å². The highest BCUT2D eigenvalue weighted by atomic mass is 28.3. The molecular formula is C19H28Si. The van der Waals surface area contributed by atoms with E-state index < -0.39 is 8.07 Å². The summed E-state index contributed by atoms with van der Waals surface area (Å²) in [4.78, 5) is 0. The molecule has 0 N–H and O–H groups in total. The number of aryl methyl sites for hydroxylation is 2. The third-order valence-corrected chi connectivity index (χ3v) is 6.86. The molecule has 0 saturated heterocycles. The zero-order valence-electron chi connectivity index (χ0n) is 14.0. The lowest BCUT2D eigenvalue weighted by atomic mass is 9.73. The molecule has 0 bridgehead atoms. The van der Waals surface area contributed by atoms with Crippen LogP contribution in [0.3, 0.4) is 0 Å². The predicted octanol–water partition coefficient (Wildman–Crippen LogP) is 5.57. The van der Waals surface area contributed by atoms with Crippen molar-refractivity contribution in [3.05, 3.63) is 58.3 Å². The number of benzene rings is 1. The maximum Gasteiger partial charge on any atom is 0.0771 e. The van der Waals surface area contributed by atoms with Gasteiger partial charge in [-0.1, -0.05) is 75.1 Å². The molecule has 1 aliphatic rings. The molecule has 1 aliphatic carbocycles. The van der Waals surface area contributed by atoms with E-state index in [1.165, 1.54) is 16.7 Å². The summed E-state index contributed by atoms with van der Waals surface area (Å²) in [7, 11) is -1.19. The van der Waals surface area contributed by atoms with Crippen molar-refractivity contribution in [3.63, 3.8) is 0 Å². The average Bonchev–Trinajstić information content (AvgIpc) is 2.82. The predicted molar refractivity (Wildman–Crippen MR) is 93.0 cm³/mol. The van der Waals surface area contributed by atoms with Crippen molar-refractivity contribution in [2.75, 3.05) is 0 Å². The zero-order chi connectivity index (χ0) is 15.1. The molecule has 20 heavy (non-hydrogen) atoms. The van der Waals surface area contributed by atoms with E-state index in [1.807, 2.05) is 0 Å². The molecule has 1 heteroatoms. The quantitative estimate of drug-likeness (QED) is 0.636. The van der Waals surface area contributed by atoms with Gasteiger partial charge in [0.1, 0.15) is 0 Å². The Balaban J connectivity index is 2.35. The minimum Gasteiger partial charge on any atom is -0.0775 e. The second-order valence-electron chi connectivity index (χ2n) is 7.78. The fraction of sp³-hybridized carbons (Fsp3) is 0.474. The maximum absolute atomic E-state index is 2.52.